The number of nitrogens with one attached hydrogen (secondary N) is 1. The van der Waals surface area contributed by atoms with Crippen molar-refractivity contribution in [2.24, 2.45) is 0 Å². The highest BCUT2D eigenvalue weighted by Gasteiger charge is 2.29. The zero-order valence-corrected chi connectivity index (χ0v) is 14.9. The monoisotopic (exact) mass is 386 g/mol. The largest absolute Gasteiger partial charge is 0.416 e. The molecule has 0 spiro atoms. The molecule has 5 nitrogen and oxygen atoms in total. The van der Waals surface area contributed by atoms with E-state index in [1.54, 1.807) is 13.1 Å². The zero-order chi connectivity index (χ0) is 20.1. The number of carbonyl (C=O) groups excluding carboxylic acids is 1. The van der Waals surface area contributed by atoms with Gasteiger partial charge in [0.1, 0.15) is 0 Å². The van der Waals surface area contributed by atoms with Crippen LogP contribution in [0.1, 0.15) is 21.6 Å². The lowest BCUT2D eigenvalue weighted by Crippen LogP contribution is -2.27. The Labute approximate surface area is 159 Å². The standard InChI is InChI=1S/C20H17F3N4O/c1-27(13-14-5-3-2-4-6-14)19(28)17-11-12-18(26-25-17)24-16-9-7-15(8-10-16)20(21,22)23/h2-12H,13H2,1H3,(H,24,26). The molecule has 1 N–H and O–H groups in total. The first-order valence-electron chi connectivity index (χ1n) is 8.40. The van der Waals surface area contributed by atoms with Crippen molar-refractivity contribution in [3.63, 3.8) is 0 Å². The van der Waals surface area contributed by atoms with Crippen LogP contribution in [0.5, 0.6) is 0 Å². The molecule has 0 aliphatic rings. The molecule has 1 amide bonds. The second-order valence-electron chi connectivity index (χ2n) is 6.15. The maximum atomic E-state index is 12.6. The van der Waals surface area contributed by atoms with Gasteiger partial charge in [-0.05, 0) is 42.0 Å². The van der Waals surface area contributed by atoms with Crippen LogP contribution in [0.15, 0.2) is 66.7 Å². The molecule has 1 aromatic heterocycles. The Morgan fingerprint density at radius 3 is 2.21 bits per heavy atom. The van der Waals surface area contributed by atoms with Crippen LogP contribution >= 0.6 is 0 Å². The molecule has 1 heterocycles. The third-order valence-electron chi connectivity index (χ3n) is 3.98. The van der Waals surface area contributed by atoms with Gasteiger partial charge in [0, 0.05) is 19.3 Å². The summed E-state index contributed by atoms with van der Waals surface area (Å²) in [6, 6.07) is 17.2. The maximum absolute atomic E-state index is 12.6. The summed E-state index contributed by atoms with van der Waals surface area (Å²) in [4.78, 5) is 14.0. The van der Waals surface area contributed by atoms with Crippen molar-refractivity contribution in [3.05, 3.63) is 83.6 Å². The highest BCUT2D eigenvalue weighted by Crippen LogP contribution is 2.30. The van der Waals surface area contributed by atoms with E-state index in [0.717, 1.165) is 17.7 Å². The third kappa shape index (κ3) is 4.85. The second kappa shape index (κ2) is 8.08. The lowest BCUT2D eigenvalue weighted by Gasteiger charge is -2.16. The van der Waals surface area contributed by atoms with E-state index in [-0.39, 0.29) is 11.6 Å². The molecule has 0 unspecified atom stereocenters. The predicted octanol–water partition coefficient (Wildman–Crippen LogP) is 4.51. The van der Waals surface area contributed by atoms with Gasteiger partial charge in [-0.3, -0.25) is 4.79 Å². The van der Waals surface area contributed by atoms with Crippen LogP contribution in [-0.2, 0) is 12.7 Å². The fraction of sp³-hybridized carbons (Fsp3) is 0.150. The minimum atomic E-state index is -4.38. The van der Waals surface area contributed by atoms with E-state index in [4.69, 9.17) is 0 Å². The first-order valence-corrected chi connectivity index (χ1v) is 8.40. The highest BCUT2D eigenvalue weighted by molar-refractivity contribution is 5.92. The molecule has 28 heavy (non-hydrogen) atoms. The summed E-state index contributed by atoms with van der Waals surface area (Å²) in [7, 11) is 1.67. The molecule has 2 aromatic carbocycles. The summed E-state index contributed by atoms with van der Waals surface area (Å²) in [5.74, 6) is 0.0412. The van der Waals surface area contributed by atoms with E-state index in [0.29, 0.717) is 18.1 Å². The van der Waals surface area contributed by atoms with Crippen LogP contribution in [0.25, 0.3) is 0 Å². The Hall–Kier alpha value is -3.42. The molecule has 8 heteroatoms. The number of halogens is 3. The number of amides is 1. The highest BCUT2D eigenvalue weighted by atomic mass is 19.4. The van der Waals surface area contributed by atoms with Crippen molar-refractivity contribution in [2.45, 2.75) is 12.7 Å². The van der Waals surface area contributed by atoms with E-state index in [1.807, 2.05) is 30.3 Å². The Balaban J connectivity index is 1.63. The SMILES string of the molecule is CN(Cc1ccccc1)C(=O)c1ccc(Nc2ccc(C(F)(F)F)cc2)nn1. The number of anilines is 2. The molecular weight excluding hydrogens is 369 g/mol. The normalized spacial score (nSPS) is 11.1. The van der Waals surface area contributed by atoms with E-state index < -0.39 is 11.7 Å². The average molecular weight is 386 g/mol. The number of hydrogen-bond acceptors (Lipinski definition) is 4. The van der Waals surface area contributed by atoms with Crippen LogP contribution < -0.4 is 5.32 Å². The van der Waals surface area contributed by atoms with Gasteiger partial charge in [0.15, 0.2) is 11.5 Å². The fourth-order valence-corrected chi connectivity index (χ4v) is 2.53. The number of alkyl halides is 3. The second-order valence-corrected chi connectivity index (χ2v) is 6.15. The van der Waals surface area contributed by atoms with Gasteiger partial charge in [0.2, 0.25) is 0 Å². The molecule has 0 radical (unpaired) electrons. The lowest BCUT2D eigenvalue weighted by molar-refractivity contribution is -0.137. The summed E-state index contributed by atoms with van der Waals surface area (Å²) < 4.78 is 37.8. The molecule has 0 atom stereocenters. The van der Waals surface area contributed by atoms with Crippen molar-refractivity contribution in [2.75, 3.05) is 12.4 Å². The number of hydrogen-bond donors (Lipinski definition) is 1. The summed E-state index contributed by atoms with van der Waals surface area (Å²) >= 11 is 0. The average Bonchev–Trinajstić information content (AvgIpc) is 2.68. The van der Waals surface area contributed by atoms with Gasteiger partial charge < -0.3 is 10.2 Å². The Morgan fingerprint density at radius 1 is 0.964 bits per heavy atom. The summed E-state index contributed by atoms with van der Waals surface area (Å²) in [5, 5.41) is 10.7. The number of rotatable bonds is 5. The Bertz CT molecular complexity index is 926. The smallest absolute Gasteiger partial charge is 0.339 e. The van der Waals surface area contributed by atoms with Gasteiger partial charge in [-0.1, -0.05) is 30.3 Å². The number of aromatic nitrogens is 2. The summed E-state index contributed by atoms with van der Waals surface area (Å²) in [6.45, 7) is 0.437. The van der Waals surface area contributed by atoms with Crippen LogP contribution in [0.3, 0.4) is 0 Å². The van der Waals surface area contributed by atoms with Gasteiger partial charge >= 0.3 is 6.18 Å². The summed E-state index contributed by atoms with van der Waals surface area (Å²) in [5.41, 5.74) is 0.873. The molecule has 0 saturated heterocycles. The topological polar surface area (TPSA) is 58.1 Å². The minimum absolute atomic E-state index is 0.177. The first-order chi connectivity index (χ1) is 13.3. The molecule has 0 fully saturated rings. The molecule has 3 rings (SSSR count). The molecule has 0 aliphatic heterocycles. The lowest BCUT2D eigenvalue weighted by atomic mass is 10.2. The molecular formula is C20H17F3N4O. The van der Waals surface area contributed by atoms with E-state index >= 15 is 0 Å². The van der Waals surface area contributed by atoms with Crippen molar-refractivity contribution in [3.8, 4) is 0 Å². The van der Waals surface area contributed by atoms with Crippen molar-refractivity contribution in [1.29, 1.82) is 0 Å². The molecule has 0 saturated carbocycles. The molecule has 0 bridgehead atoms. The van der Waals surface area contributed by atoms with Crippen molar-refractivity contribution >= 4 is 17.4 Å². The first kappa shape index (κ1) is 19.3. The molecule has 3 aromatic rings. The van der Waals surface area contributed by atoms with Crippen LogP contribution in [0, 0.1) is 0 Å². The predicted molar refractivity (Wildman–Crippen MR) is 99.0 cm³/mol. The number of carbonyl (C=O) groups is 1. The van der Waals surface area contributed by atoms with Crippen molar-refractivity contribution < 1.29 is 18.0 Å². The molecule has 144 valence electrons. The number of nitrogens with zero attached hydrogens (tertiary/aromatic N) is 3. The van der Waals surface area contributed by atoms with E-state index in [1.165, 1.54) is 23.1 Å². The van der Waals surface area contributed by atoms with E-state index in [2.05, 4.69) is 15.5 Å². The quantitative estimate of drug-likeness (QED) is 0.701. The van der Waals surface area contributed by atoms with E-state index in [9.17, 15) is 18.0 Å². The van der Waals surface area contributed by atoms with Crippen LogP contribution in [0.4, 0.5) is 24.7 Å². The van der Waals surface area contributed by atoms with Gasteiger partial charge in [-0.25, -0.2) is 0 Å². The van der Waals surface area contributed by atoms with Gasteiger partial charge in [-0.2, -0.15) is 13.2 Å². The summed E-state index contributed by atoms with van der Waals surface area (Å²) in [6.07, 6.45) is -4.38. The number of benzene rings is 2. The van der Waals surface area contributed by atoms with Crippen LogP contribution in [-0.4, -0.2) is 28.1 Å². The van der Waals surface area contributed by atoms with Gasteiger partial charge in [-0.15, -0.1) is 10.2 Å². The fourth-order valence-electron chi connectivity index (χ4n) is 2.53. The minimum Gasteiger partial charge on any atom is -0.339 e. The molecule has 0 aliphatic carbocycles. The third-order valence-corrected chi connectivity index (χ3v) is 3.98. The van der Waals surface area contributed by atoms with Gasteiger partial charge in [0.25, 0.3) is 5.91 Å². The maximum Gasteiger partial charge on any atom is 0.416 e. The van der Waals surface area contributed by atoms with Crippen LogP contribution in [0.2, 0.25) is 0 Å². The van der Waals surface area contributed by atoms with Gasteiger partial charge in [0.05, 0.1) is 5.56 Å². The zero-order valence-electron chi connectivity index (χ0n) is 14.9. The van der Waals surface area contributed by atoms with Crippen molar-refractivity contribution in [1.82, 2.24) is 15.1 Å². The Morgan fingerprint density at radius 2 is 1.64 bits per heavy atom. The Kier molecular flexibility index (Phi) is 5.58.